The van der Waals surface area contributed by atoms with Crippen LogP contribution in [-0.2, 0) is 19.1 Å². The van der Waals surface area contributed by atoms with Crippen molar-refractivity contribution in [2.45, 2.75) is 39.9 Å². The van der Waals surface area contributed by atoms with Crippen molar-refractivity contribution in [2.24, 2.45) is 0 Å². The normalized spacial score (nSPS) is 12.1. The summed E-state index contributed by atoms with van der Waals surface area (Å²) in [6, 6.07) is 2.19. The summed E-state index contributed by atoms with van der Waals surface area (Å²) in [5.74, 6) is 0.563. The second-order valence-electron chi connectivity index (χ2n) is 6.76. The van der Waals surface area contributed by atoms with Crippen LogP contribution in [0.5, 0.6) is 0 Å². The number of hydrogen-bond donors (Lipinski definition) is 1. The number of carbonyl (C=O) groups is 1. The zero-order valence-corrected chi connectivity index (χ0v) is 17.1. The fourth-order valence-corrected chi connectivity index (χ4v) is 4.40. The predicted molar refractivity (Wildman–Crippen MR) is 105 cm³/mol. The van der Waals surface area contributed by atoms with E-state index in [2.05, 4.69) is 25.5 Å². The van der Waals surface area contributed by atoms with Gasteiger partial charge in [-0.15, -0.1) is 21.5 Å². The van der Waals surface area contributed by atoms with Gasteiger partial charge in [0.1, 0.15) is 10.7 Å². The molecule has 0 fully saturated rings. The third kappa shape index (κ3) is 3.49. The molecule has 0 saturated heterocycles. The first-order valence-electron chi connectivity index (χ1n) is 9.14. The number of pyridine rings is 1. The van der Waals surface area contributed by atoms with Crippen molar-refractivity contribution in [1.82, 2.24) is 29.9 Å². The predicted octanol–water partition coefficient (Wildman–Crippen LogP) is 3.86. The van der Waals surface area contributed by atoms with Gasteiger partial charge in [-0.2, -0.15) is 13.2 Å². The van der Waals surface area contributed by atoms with E-state index >= 15 is 0 Å². The third-order valence-corrected chi connectivity index (χ3v) is 5.93. The molecule has 30 heavy (non-hydrogen) atoms. The molecule has 0 saturated carbocycles. The fourth-order valence-electron chi connectivity index (χ4n) is 3.24. The molecular formula is C19H17F3N6OS. The molecule has 0 spiro atoms. The molecule has 0 radical (unpaired) electrons. The average molecular weight is 434 g/mol. The van der Waals surface area contributed by atoms with Gasteiger partial charge in [0.2, 0.25) is 0 Å². The van der Waals surface area contributed by atoms with Gasteiger partial charge in [0, 0.05) is 23.7 Å². The summed E-state index contributed by atoms with van der Waals surface area (Å²) in [7, 11) is 0. The highest BCUT2D eigenvalue weighted by Crippen LogP contribution is 2.31. The van der Waals surface area contributed by atoms with Crippen molar-refractivity contribution < 1.29 is 18.0 Å². The molecule has 156 valence electrons. The maximum atomic E-state index is 13.0. The summed E-state index contributed by atoms with van der Waals surface area (Å²) < 4.78 is 40.2. The van der Waals surface area contributed by atoms with Crippen LogP contribution >= 0.6 is 11.3 Å². The standard InChI is InChI=1S/C19H17F3N6OS/c1-4-12-24-10(3)15-9(2)16(30-18(15)25-12)17(29)23-7-14-27-26-13-6-5-11(8-28(13)14)19(20,21)22/h5-6,8H,4,7H2,1-3H3,(H,23,29). The molecule has 4 aromatic heterocycles. The van der Waals surface area contributed by atoms with E-state index in [1.54, 1.807) is 0 Å². The van der Waals surface area contributed by atoms with Crippen LogP contribution in [-0.4, -0.2) is 30.5 Å². The number of amides is 1. The average Bonchev–Trinajstić information content (AvgIpc) is 3.26. The number of hydrogen-bond acceptors (Lipinski definition) is 6. The molecule has 0 aromatic carbocycles. The van der Waals surface area contributed by atoms with Crippen LogP contribution in [0, 0.1) is 13.8 Å². The van der Waals surface area contributed by atoms with E-state index in [1.807, 2.05) is 20.8 Å². The minimum Gasteiger partial charge on any atom is -0.344 e. The number of fused-ring (bicyclic) bond motifs is 2. The Morgan fingerprint density at radius 1 is 1.20 bits per heavy atom. The molecule has 4 rings (SSSR count). The summed E-state index contributed by atoms with van der Waals surface area (Å²) in [4.78, 5) is 22.9. The Hall–Kier alpha value is -3.08. The Labute approximate surface area is 173 Å². The van der Waals surface area contributed by atoms with Crippen molar-refractivity contribution in [1.29, 1.82) is 0 Å². The van der Waals surface area contributed by atoms with Crippen molar-refractivity contribution >= 4 is 33.1 Å². The highest BCUT2D eigenvalue weighted by molar-refractivity contribution is 7.20. The Bertz CT molecular complexity index is 1280. The van der Waals surface area contributed by atoms with Gasteiger partial charge >= 0.3 is 6.18 Å². The molecule has 7 nitrogen and oxygen atoms in total. The van der Waals surface area contributed by atoms with Gasteiger partial charge in [0.25, 0.3) is 5.91 Å². The molecule has 1 N–H and O–H groups in total. The second kappa shape index (κ2) is 7.31. The highest BCUT2D eigenvalue weighted by atomic mass is 32.1. The van der Waals surface area contributed by atoms with Gasteiger partial charge in [-0.1, -0.05) is 6.92 Å². The number of nitrogens with one attached hydrogen (secondary N) is 1. The minimum absolute atomic E-state index is 0.0696. The van der Waals surface area contributed by atoms with Gasteiger partial charge in [-0.25, -0.2) is 9.97 Å². The molecule has 11 heteroatoms. The van der Waals surface area contributed by atoms with Gasteiger partial charge in [0.05, 0.1) is 17.0 Å². The quantitative estimate of drug-likeness (QED) is 0.527. The molecule has 0 aliphatic carbocycles. The van der Waals surface area contributed by atoms with Gasteiger partial charge in [-0.3, -0.25) is 9.20 Å². The molecule has 0 aliphatic rings. The minimum atomic E-state index is -4.48. The summed E-state index contributed by atoms with van der Waals surface area (Å²) >= 11 is 1.27. The van der Waals surface area contributed by atoms with Crippen LogP contribution in [0.2, 0.25) is 0 Å². The van der Waals surface area contributed by atoms with Crippen LogP contribution in [0.15, 0.2) is 18.3 Å². The van der Waals surface area contributed by atoms with E-state index in [9.17, 15) is 18.0 Å². The summed E-state index contributed by atoms with van der Waals surface area (Å²) in [5.41, 5.74) is 1.04. The van der Waals surface area contributed by atoms with Gasteiger partial charge in [-0.05, 0) is 31.5 Å². The number of aryl methyl sites for hydroxylation is 3. The monoisotopic (exact) mass is 434 g/mol. The summed E-state index contributed by atoms with van der Waals surface area (Å²) in [6.07, 6.45) is -2.87. The molecule has 0 atom stereocenters. The molecule has 0 aliphatic heterocycles. The lowest BCUT2D eigenvalue weighted by Gasteiger charge is -2.08. The summed E-state index contributed by atoms with van der Waals surface area (Å²) in [5, 5.41) is 11.3. The number of alkyl halides is 3. The van der Waals surface area contributed by atoms with Crippen molar-refractivity contribution in [3.05, 3.63) is 51.7 Å². The maximum absolute atomic E-state index is 13.0. The highest BCUT2D eigenvalue weighted by Gasteiger charge is 2.31. The first-order chi connectivity index (χ1) is 14.2. The maximum Gasteiger partial charge on any atom is 0.417 e. The third-order valence-electron chi connectivity index (χ3n) is 4.75. The summed E-state index contributed by atoms with van der Waals surface area (Å²) in [6.45, 7) is 5.60. The van der Waals surface area contributed by atoms with E-state index < -0.39 is 11.7 Å². The number of carbonyl (C=O) groups excluding carboxylic acids is 1. The van der Waals surface area contributed by atoms with Gasteiger partial charge < -0.3 is 5.32 Å². The molecule has 4 heterocycles. The lowest BCUT2D eigenvalue weighted by molar-refractivity contribution is -0.137. The molecule has 0 unspecified atom stereocenters. The van der Waals surface area contributed by atoms with Crippen LogP contribution in [0.3, 0.4) is 0 Å². The van der Waals surface area contributed by atoms with Crippen molar-refractivity contribution in [2.75, 3.05) is 0 Å². The van der Waals surface area contributed by atoms with Crippen LogP contribution in [0.1, 0.15) is 45.1 Å². The Balaban J connectivity index is 1.61. The van der Waals surface area contributed by atoms with E-state index in [0.29, 0.717) is 17.1 Å². The van der Waals surface area contributed by atoms with Crippen LogP contribution < -0.4 is 5.32 Å². The number of nitrogens with zero attached hydrogens (tertiary/aromatic N) is 5. The van der Waals surface area contributed by atoms with E-state index in [1.165, 1.54) is 21.8 Å². The van der Waals surface area contributed by atoms with E-state index in [0.717, 1.165) is 33.7 Å². The number of rotatable bonds is 4. The Kier molecular flexibility index (Phi) is 4.92. The molecule has 4 aromatic rings. The lowest BCUT2D eigenvalue weighted by atomic mass is 10.1. The first kappa shape index (κ1) is 20.2. The smallest absolute Gasteiger partial charge is 0.344 e. The number of thiophene rings is 1. The molecular weight excluding hydrogens is 417 g/mol. The molecule has 0 bridgehead atoms. The second-order valence-corrected chi connectivity index (χ2v) is 7.76. The van der Waals surface area contributed by atoms with Crippen molar-refractivity contribution in [3.63, 3.8) is 0 Å². The Morgan fingerprint density at radius 2 is 1.97 bits per heavy atom. The number of halogens is 3. The zero-order chi connectivity index (χ0) is 21.6. The Morgan fingerprint density at radius 3 is 2.67 bits per heavy atom. The zero-order valence-electron chi connectivity index (χ0n) is 16.3. The molecule has 1 amide bonds. The topological polar surface area (TPSA) is 85.1 Å². The van der Waals surface area contributed by atoms with Crippen molar-refractivity contribution in [3.8, 4) is 0 Å². The van der Waals surface area contributed by atoms with Gasteiger partial charge in [0.15, 0.2) is 11.5 Å². The van der Waals surface area contributed by atoms with Crippen LogP contribution in [0.4, 0.5) is 13.2 Å². The lowest BCUT2D eigenvalue weighted by Crippen LogP contribution is -2.23. The first-order valence-corrected chi connectivity index (χ1v) is 9.96. The fraction of sp³-hybridized carbons (Fsp3) is 0.316. The van der Waals surface area contributed by atoms with E-state index in [4.69, 9.17) is 0 Å². The largest absolute Gasteiger partial charge is 0.417 e. The van der Waals surface area contributed by atoms with Crippen LogP contribution in [0.25, 0.3) is 15.9 Å². The number of aromatic nitrogens is 5. The van der Waals surface area contributed by atoms with E-state index in [-0.39, 0.29) is 23.9 Å². The SMILES string of the molecule is CCc1nc(C)c2c(C)c(C(=O)NCc3nnc4ccc(C(F)(F)F)cn34)sc2n1.